The molecule has 2 aromatic rings. The number of rotatable bonds is 5. The van der Waals surface area contributed by atoms with Crippen molar-refractivity contribution in [3.63, 3.8) is 0 Å². The van der Waals surface area contributed by atoms with Crippen LogP contribution in [0.3, 0.4) is 0 Å². The second-order valence-electron chi connectivity index (χ2n) is 6.89. The number of carboxylic acids is 1. The normalized spacial score (nSPS) is 14.4. The molecule has 0 aromatic heterocycles. The average molecular weight is 380 g/mol. The van der Waals surface area contributed by atoms with Crippen molar-refractivity contribution >= 4 is 17.8 Å². The lowest BCUT2D eigenvalue weighted by molar-refractivity contribution is -0.131. The highest BCUT2D eigenvalue weighted by atomic mass is 16.4. The summed E-state index contributed by atoms with van der Waals surface area (Å²) < 4.78 is 0. The fourth-order valence-electron chi connectivity index (χ4n) is 3.36. The Morgan fingerprint density at radius 2 is 1.39 bits per heavy atom. The molecule has 0 bridgehead atoms. The van der Waals surface area contributed by atoms with Crippen LogP contribution in [0.2, 0.25) is 0 Å². The number of carboxylic acid groups (broad SMARTS) is 1. The summed E-state index contributed by atoms with van der Waals surface area (Å²) in [6.07, 6.45) is 1.92. The van der Waals surface area contributed by atoms with Crippen molar-refractivity contribution in [1.29, 1.82) is 0 Å². The Morgan fingerprint density at radius 1 is 0.786 bits per heavy atom. The van der Waals surface area contributed by atoms with Gasteiger partial charge in [-0.15, -0.1) is 0 Å². The molecule has 2 amide bonds. The molecular weight excluding hydrogens is 356 g/mol. The van der Waals surface area contributed by atoms with Gasteiger partial charge in [0.15, 0.2) is 0 Å². The van der Waals surface area contributed by atoms with Crippen molar-refractivity contribution in [3.8, 4) is 0 Å². The Kier molecular flexibility index (Phi) is 6.42. The van der Waals surface area contributed by atoms with E-state index in [-0.39, 0.29) is 17.4 Å². The number of aromatic carboxylic acids is 1. The van der Waals surface area contributed by atoms with Gasteiger partial charge in [-0.05, 0) is 42.7 Å². The summed E-state index contributed by atoms with van der Waals surface area (Å²) in [5.74, 6) is -1.03. The minimum Gasteiger partial charge on any atom is -0.478 e. The molecule has 6 nitrogen and oxygen atoms in total. The summed E-state index contributed by atoms with van der Waals surface area (Å²) in [4.78, 5) is 39.7. The first-order valence-electron chi connectivity index (χ1n) is 9.49. The lowest BCUT2D eigenvalue weighted by Crippen LogP contribution is -2.37. The fourth-order valence-corrected chi connectivity index (χ4v) is 3.36. The van der Waals surface area contributed by atoms with Crippen molar-refractivity contribution in [3.05, 3.63) is 71.3 Å². The topological polar surface area (TPSA) is 77.9 Å². The molecule has 0 spiro atoms. The van der Waals surface area contributed by atoms with E-state index in [4.69, 9.17) is 5.11 Å². The maximum Gasteiger partial charge on any atom is 0.335 e. The van der Waals surface area contributed by atoms with Crippen LogP contribution in [0.4, 0.5) is 0 Å². The summed E-state index contributed by atoms with van der Waals surface area (Å²) in [6.45, 7) is 2.24. The fraction of sp³-hybridized carbons (Fsp3) is 0.318. The standard InChI is InChI=1S/C22H24N2O4/c25-20(12-7-17-5-2-1-3-6-17)23-13-4-14-24(16-15-23)21(26)18-8-10-19(11-9-18)22(27)28/h1-3,5-6,8-11H,4,7,12-16H2,(H,27,28). The van der Waals surface area contributed by atoms with Crippen LogP contribution < -0.4 is 0 Å². The van der Waals surface area contributed by atoms with E-state index in [0.717, 1.165) is 18.4 Å². The summed E-state index contributed by atoms with van der Waals surface area (Å²) in [5, 5.41) is 8.97. The van der Waals surface area contributed by atoms with Gasteiger partial charge in [0, 0.05) is 38.2 Å². The van der Waals surface area contributed by atoms with Crippen molar-refractivity contribution < 1.29 is 19.5 Å². The number of carbonyl (C=O) groups excluding carboxylic acids is 2. The second-order valence-corrected chi connectivity index (χ2v) is 6.89. The van der Waals surface area contributed by atoms with Gasteiger partial charge in [-0.25, -0.2) is 4.79 Å². The molecule has 1 aliphatic rings. The summed E-state index contributed by atoms with van der Waals surface area (Å²) >= 11 is 0. The Morgan fingerprint density at radius 3 is 2.07 bits per heavy atom. The molecule has 0 atom stereocenters. The van der Waals surface area contributed by atoms with Crippen LogP contribution in [0.25, 0.3) is 0 Å². The van der Waals surface area contributed by atoms with Crippen LogP contribution in [0.1, 0.15) is 39.1 Å². The third-order valence-electron chi connectivity index (χ3n) is 4.98. The van der Waals surface area contributed by atoms with E-state index in [1.165, 1.54) is 12.1 Å². The molecule has 1 saturated heterocycles. The van der Waals surface area contributed by atoms with E-state index in [2.05, 4.69) is 0 Å². The van der Waals surface area contributed by atoms with Gasteiger partial charge in [0.2, 0.25) is 5.91 Å². The van der Waals surface area contributed by atoms with Crippen LogP contribution in [0, 0.1) is 0 Å². The maximum atomic E-state index is 12.7. The number of nitrogens with zero attached hydrogens (tertiary/aromatic N) is 2. The van der Waals surface area contributed by atoms with Crippen molar-refractivity contribution in [2.45, 2.75) is 19.3 Å². The van der Waals surface area contributed by atoms with Crippen LogP contribution in [0.5, 0.6) is 0 Å². The van der Waals surface area contributed by atoms with Gasteiger partial charge in [0.1, 0.15) is 0 Å². The zero-order valence-corrected chi connectivity index (χ0v) is 15.7. The van der Waals surface area contributed by atoms with Gasteiger partial charge in [-0.1, -0.05) is 30.3 Å². The number of aryl methyl sites for hydroxylation is 1. The molecule has 28 heavy (non-hydrogen) atoms. The second kappa shape index (κ2) is 9.17. The average Bonchev–Trinajstić information content (AvgIpc) is 2.98. The van der Waals surface area contributed by atoms with Gasteiger partial charge >= 0.3 is 5.97 Å². The van der Waals surface area contributed by atoms with Gasteiger partial charge in [-0.2, -0.15) is 0 Å². The largest absolute Gasteiger partial charge is 0.478 e. The summed E-state index contributed by atoms with van der Waals surface area (Å²) in [6, 6.07) is 15.9. The van der Waals surface area contributed by atoms with E-state index in [1.54, 1.807) is 17.0 Å². The Labute approximate surface area is 164 Å². The van der Waals surface area contributed by atoms with Crippen LogP contribution in [0.15, 0.2) is 54.6 Å². The SMILES string of the molecule is O=C(O)c1ccc(C(=O)N2CCCN(C(=O)CCc3ccccc3)CC2)cc1. The monoisotopic (exact) mass is 380 g/mol. The minimum absolute atomic E-state index is 0.115. The molecule has 1 aliphatic heterocycles. The van der Waals surface area contributed by atoms with Crippen molar-refractivity contribution in [2.24, 2.45) is 0 Å². The Balaban J connectivity index is 1.54. The van der Waals surface area contributed by atoms with Gasteiger partial charge < -0.3 is 14.9 Å². The molecule has 0 radical (unpaired) electrons. The minimum atomic E-state index is -1.02. The first-order chi connectivity index (χ1) is 13.5. The Bertz CT molecular complexity index is 833. The van der Waals surface area contributed by atoms with Crippen LogP contribution >= 0.6 is 0 Å². The maximum absolute atomic E-state index is 12.7. The molecule has 1 heterocycles. The predicted molar refractivity (Wildman–Crippen MR) is 105 cm³/mol. The lowest BCUT2D eigenvalue weighted by atomic mass is 10.1. The predicted octanol–water partition coefficient (Wildman–Crippen LogP) is 2.69. The first-order valence-corrected chi connectivity index (χ1v) is 9.49. The van der Waals surface area contributed by atoms with E-state index in [9.17, 15) is 14.4 Å². The lowest BCUT2D eigenvalue weighted by Gasteiger charge is -2.22. The molecule has 0 unspecified atom stereocenters. The summed E-state index contributed by atoms with van der Waals surface area (Å²) in [7, 11) is 0. The molecule has 1 N–H and O–H groups in total. The van der Waals surface area contributed by atoms with Crippen molar-refractivity contribution in [1.82, 2.24) is 9.80 Å². The van der Waals surface area contributed by atoms with Gasteiger partial charge in [0.05, 0.1) is 5.56 Å². The number of carbonyl (C=O) groups is 3. The van der Waals surface area contributed by atoms with Crippen LogP contribution in [-0.4, -0.2) is 58.9 Å². The smallest absolute Gasteiger partial charge is 0.335 e. The summed E-state index contributed by atoms with van der Waals surface area (Å²) in [5.41, 5.74) is 1.77. The molecule has 146 valence electrons. The van der Waals surface area contributed by atoms with Gasteiger partial charge in [0.25, 0.3) is 5.91 Å². The molecule has 6 heteroatoms. The molecule has 0 aliphatic carbocycles. The highest BCUT2D eigenvalue weighted by Crippen LogP contribution is 2.12. The molecule has 0 saturated carbocycles. The zero-order valence-electron chi connectivity index (χ0n) is 15.7. The number of amides is 2. The van der Waals surface area contributed by atoms with Crippen molar-refractivity contribution in [2.75, 3.05) is 26.2 Å². The quantitative estimate of drug-likeness (QED) is 0.865. The van der Waals surface area contributed by atoms with Gasteiger partial charge in [-0.3, -0.25) is 9.59 Å². The number of hydrogen-bond donors (Lipinski definition) is 1. The Hall–Kier alpha value is -3.15. The third-order valence-corrected chi connectivity index (χ3v) is 4.98. The van der Waals surface area contributed by atoms with E-state index < -0.39 is 5.97 Å². The highest BCUT2D eigenvalue weighted by Gasteiger charge is 2.22. The first kappa shape index (κ1) is 19.6. The number of benzene rings is 2. The molecule has 3 rings (SSSR count). The number of hydrogen-bond acceptors (Lipinski definition) is 3. The molecular formula is C22H24N2O4. The molecule has 2 aromatic carbocycles. The molecule has 1 fully saturated rings. The highest BCUT2D eigenvalue weighted by molar-refractivity contribution is 5.96. The van der Waals surface area contributed by atoms with Crippen LogP contribution in [-0.2, 0) is 11.2 Å². The third kappa shape index (κ3) is 4.97. The van der Waals surface area contributed by atoms with E-state index >= 15 is 0 Å². The van der Waals surface area contributed by atoms with E-state index in [0.29, 0.717) is 38.2 Å². The van der Waals surface area contributed by atoms with E-state index in [1.807, 2.05) is 35.2 Å². The zero-order chi connectivity index (χ0) is 19.9.